The quantitative estimate of drug-likeness (QED) is 0.331. The number of aliphatic hydroxyl groups is 1. The van der Waals surface area contributed by atoms with Crippen LogP contribution in [0.2, 0.25) is 0 Å². The number of anilines is 1. The highest BCUT2D eigenvalue weighted by Crippen LogP contribution is 2.42. The predicted molar refractivity (Wildman–Crippen MR) is 129 cm³/mol. The van der Waals surface area contributed by atoms with Gasteiger partial charge in [-0.15, -0.1) is 0 Å². The van der Waals surface area contributed by atoms with Crippen molar-refractivity contribution in [1.82, 2.24) is 9.97 Å². The van der Waals surface area contributed by atoms with E-state index in [2.05, 4.69) is 9.97 Å². The third-order valence-electron chi connectivity index (χ3n) is 6.18. The van der Waals surface area contributed by atoms with Crippen molar-refractivity contribution in [3.05, 3.63) is 101 Å². The summed E-state index contributed by atoms with van der Waals surface area (Å²) in [6.07, 6.45) is 0. The molecular weight excluding hydrogens is 465 g/mol. The van der Waals surface area contributed by atoms with Crippen LogP contribution in [-0.2, 0) is 4.79 Å². The van der Waals surface area contributed by atoms with Gasteiger partial charge < -0.3 is 19.2 Å². The normalized spacial score (nSPS) is 15.9. The predicted octanol–water partition coefficient (Wildman–Crippen LogP) is 5.24. The van der Waals surface area contributed by atoms with E-state index in [0.717, 1.165) is 0 Å². The van der Waals surface area contributed by atoms with Gasteiger partial charge in [0.15, 0.2) is 22.9 Å². The Morgan fingerprint density at radius 3 is 2.69 bits per heavy atom. The van der Waals surface area contributed by atoms with Gasteiger partial charge >= 0.3 is 0 Å². The number of ketones is 1. The molecule has 1 atom stereocenters. The molecule has 1 aliphatic heterocycles. The summed E-state index contributed by atoms with van der Waals surface area (Å²) in [6.45, 7) is 0. The highest BCUT2D eigenvalue weighted by atomic mass is 19.1. The van der Waals surface area contributed by atoms with Crippen LogP contribution >= 0.6 is 0 Å². The second kappa shape index (κ2) is 8.09. The van der Waals surface area contributed by atoms with Gasteiger partial charge in [-0.25, -0.2) is 9.37 Å². The molecule has 0 saturated heterocycles. The summed E-state index contributed by atoms with van der Waals surface area (Å²) >= 11 is 0. The van der Waals surface area contributed by atoms with Gasteiger partial charge in [0.05, 0.1) is 29.8 Å². The van der Waals surface area contributed by atoms with Crippen molar-refractivity contribution in [3.63, 3.8) is 0 Å². The molecule has 5 aromatic rings. The number of amides is 1. The lowest BCUT2D eigenvalue weighted by molar-refractivity contribution is -0.117. The number of hydrogen-bond acceptors (Lipinski definition) is 6. The maximum absolute atomic E-state index is 13.8. The van der Waals surface area contributed by atoms with Crippen LogP contribution in [0.1, 0.15) is 22.2 Å². The number of furan rings is 1. The molecule has 1 unspecified atom stereocenters. The molecule has 0 aliphatic carbocycles. The molecule has 6 rings (SSSR count). The number of hydrogen-bond donors (Lipinski definition) is 2. The lowest BCUT2D eigenvalue weighted by atomic mass is 9.95. The SMILES string of the molecule is COc1cccc2cc(C(=O)C3=C(O)C(=O)N(c4nc5ccc(F)cc5[nH]4)C3c3ccccc3)oc12. The highest BCUT2D eigenvalue weighted by molar-refractivity contribution is 6.20. The summed E-state index contributed by atoms with van der Waals surface area (Å²) in [7, 11) is 1.49. The number of benzene rings is 3. The van der Waals surface area contributed by atoms with Crippen LogP contribution in [-0.4, -0.2) is 33.9 Å². The van der Waals surface area contributed by atoms with Crippen molar-refractivity contribution < 1.29 is 28.2 Å². The van der Waals surface area contributed by atoms with Crippen molar-refractivity contribution in [3.8, 4) is 5.75 Å². The largest absolute Gasteiger partial charge is 0.503 e. The molecule has 0 radical (unpaired) electrons. The first-order valence-corrected chi connectivity index (χ1v) is 11.0. The summed E-state index contributed by atoms with van der Waals surface area (Å²) in [5.74, 6) is -2.20. The first-order chi connectivity index (χ1) is 17.5. The van der Waals surface area contributed by atoms with E-state index < -0.39 is 29.3 Å². The Hall–Kier alpha value is -4.92. The average Bonchev–Trinajstić information content (AvgIpc) is 3.58. The van der Waals surface area contributed by atoms with Gasteiger partial charge in [0.25, 0.3) is 5.91 Å². The molecule has 178 valence electrons. The number of halogens is 1. The molecule has 2 N–H and O–H groups in total. The Morgan fingerprint density at radius 2 is 1.92 bits per heavy atom. The Kier molecular flexibility index (Phi) is 4.85. The molecule has 2 aromatic heterocycles. The summed E-state index contributed by atoms with van der Waals surface area (Å²) in [5.41, 5.74) is 1.58. The average molecular weight is 483 g/mol. The summed E-state index contributed by atoms with van der Waals surface area (Å²) in [6, 6.07) is 18.5. The molecule has 8 nitrogen and oxygen atoms in total. The molecule has 1 aliphatic rings. The number of carbonyl (C=O) groups is 2. The van der Waals surface area contributed by atoms with Crippen molar-refractivity contribution in [2.75, 3.05) is 12.0 Å². The second-order valence-corrected chi connectivity index (χ2v) is 8.29. The standard InChI is InChI=1S/C27H18FN3O5/c1-35-19-9-5-8-15-12-20(36-25(15)19)23(32)21-22(14-6-3-2-4-7-14)31(26(34)24(21)33)27-29-17-11-10-16(28)13-18(17)30-27/h2-13,22,33H,1H3,(H,29,30). The van der Waals surface area contributed by atoms with Gasteiger partial charge in [-0.05, 0) is 35.9 Å². The topological polar surface area (TPSA) is 109 Å². The van der Waals surface area contributed by atoms with E-state index >= 15 is 0 Å². The number of carbonyl (C=O) groups excluding carboxylic acids is 2. The number of imidazole rings is 1. The summed E-state index contributed by atoms with van der Waals surface area (Å²) < 4.78 is 24.9. The fraction of sp³-hybridized carbons (Fsp3) is 0.0741. The zero-order valence-electron chi connectivity index (χ0n) is 18.9. The minimum atomic E-state index is -1.01. The lowest BCUT2D eigenvalue weighted by Gasteiger charge is -2.24. The zero-order chi connectivity index (χ0) is 25.0. The number of nitrogens with zero attached hydrogens (tertiary/aromatic N) is 2. The number of rotatable bonds is 5. The van der Waals surface area contributed by atoms with Gasteiger partial charge in [-0.3, -0.25) is 14.5 Å². The first kappa shape index (κ1) is 21.6. The van der Waals surface area contributed by atoms with E-state index in [1.165, 1.54) is 30.2 Å². The third kappa shape index (κ3) is 3.24. The fourth-order valence-corrected chi connectivity index (χ4v) is 4.53. The van der Waals surface area contributed by atoms with Crippen molar-refractivity contribution in [2.24, 2.45) is 0 Å². The van der Waals surface area contributed by atoms with Crippen LogP contribution in [0.3, 0.4) is 0 Å². The lowest BCUT2D eigenvalue weighted by Crippen LogP contribution is -2.31. The van der Waals surface area contributed by atoms with Crippen molar-refractivity contribution in [1.29, 1.82) is 0 Å². The number of H-pyrrole nitrogens is 1. The highest BCUT2D eigenvalue weighted by Gasteiger charge is 2.46. The number of aliphatic hydroxyl groups excluding tert-OH is 1. The number of ether oxygens (including phenoxy) is 1. The van der Waals surface area contributed by atoms with Crippen LogP contribution in [0, 0.1) is 5.82 Å². The summed E-state index contributed by atoms with van der Waals surface area (Å²) in [4.78, 5) is 35.6. The van der Waals surface area contributed by atoms with E-state index in [1.54, 1.807) is 54.6 Å². The van der Waals surface area contributed by atoms with E-state index in [0.29, 0.717) is 33.3 Å². The molecule has 0 saturated carbocycles. The number of nitrogens with one attached hydrogen (secondary N) is 1. The van der Waals surface area contributed by atoms with Crippen LogP contribution < -0.4 is 9.64 Å². The third-order valence-corrected chi connectivity index (χ3v) is 6.18. The van der Waals surface area contributed by atoms with Crippen LogP contribution in [0.4, 0.5) is 10.3 Å². The number of para-hydroxylation sites is 1. The van der Waals surface area contributed by atoms with Crippen LogP contribution in [0.5, 0.6) is 5.75 Å². The molecule has 0 spiro atoms. The number of Topliss-reactive ketones (excluding diaryl/α,β-unsaturated/α-hetero) is 1. The first-order valence-electron chi connectivity index (χ1n) is 11.0. The van der Waals surface area contributed by atoms with Gasteiger partial charge in [-0.2, -0.15) is 0 Å². The molecule has 0 fully saturated rings. The smallest absolute Gasteiger partial charge is 0.296 e. The Labute approximate surface area is 203 Å². The van der Waals surface area contributed by atoms with Gasteiger partial charge in [0.1, 0.15) is 5.82 Å². The number of aromatic nitrogens is 2. The van der Waals surface area contributed by atoms with Crippen LogP contribution in [0.25, 0.3) is 22.0 Å². The molecule has 3 aromatic carbocycles. The number of aromatic amines is 1. The fourth-order valence-electron chi connectivity index (χ4n) is 4.53. The maximum atomic E-state index is 13.8. The van der Waals surface area contributed by atoms with Gasteiger partial charge in [0, 0.05) is 5.39 Å². The zero-order valence-corrected chi connectivity index (χ0v) is 18.9. The van der Waals surface area contributed by atoms with Gasteiger partial charge in [0.2, 0.25) is 11.7 Å². The van der Waals surface area contributed by atoms with E-state index in [4.69, 9.17) is 9.15 Å². The number of fused-ring (bicyclic) bond motifs is 2. The van der Waals surface area contributed by atoms with Crippen molar-refractivity contribution >= 4 is 39.6 Å². The molecule has 1 amide bonds. The molecular formula is C27H18FN3O5. The monoisotopic (exact) mass is 483 g/mol. The molecule has 3 heterocycles. The Balaban J connectivity index is 1.50. The van der Waals surface area contributed by atoms with E-state index in [-0.39, 0.29) is 17.3 Å². The molecule has 36 heavy (non-hydrogen) atoms. The van der Waals surface area contributed by atoms with Crippen molar-refractivity contribution in [2.45, 2.75) is 6.04 Å². The van der Waals surface area contributed by atoms with Crippen LogP contribution in [0.15, 0.2) is 88.5 Å². The minimum absolute atomic E-state index is 0.0571. The molecule has 0 bridgehead atoms. The number of methoxy groups -OCH3 is 1. The Morgan fingerprint density at radius 1 is 1.11 bits per heavy atom. The molecule has 9 heteroatoms. The summed E-state index contributed by atoms with van der Waals surface area (Å²) in [5, 5.41) is 11.6. The van der Waals surface area contributed by atoms with E-state index in [9.17, 15) is 19.1 Å². The van der Waals surface area contributed by atoms with Gasteiger partial charge in [-0.1, -0.05) is 42.5 Å². The Bertz CT molecular complexity index is 1700. The van der Waals surface area contributed by atoms with E-state index in [1.807, 2.05) is 0 Å². The second-order valence-electron chi connectivity index (χ2n) is 8.29. The minimum Gasteiger partial charge on any atom is -0.503 e. The maximum Gasteiger partial charge on any atom is 0.296 e.